The minimum atomic E-state index is -0.412. The third-order valence-electron chi connectivity index (χ3n) is 4.42. The molecule has 0 spiro atoms. The van der Waals surface area contributed by atoms with Gasteiger partial charge in [-0.3, -0.25) is 5.43 Å². The van der Waals surface area contributed by atoms with E-state index in [1.165, 1.54) is 12.1 Å². The van der Waals surface area contributed by atoms with E-state index in [0.29, 0.717) is 16.5 Å². The van der Waals surface area contributed by atoms with Crippen LogP contribution in [0.5, 0.6) is 5.75 Å². The van der Waals surface area contributed by atoms with Crippen molar-refractivity contribution in [3.8, 4) is 17.0 Å². The molecule has 2 aromatic carbocycles. The summed E-state index contributed by atoms with van der Waals surface area (Å²) < 4.78 is 5.35. The molecule has 0 saturated heterocycles. The highest BCUT2D eigenvalue weighted by molar-refractivity contribution is 6.30. The van der Waals surface area contributed by atoms with Crippen molar-refractivity contribution < 1.29 is 4.74 Å². The molecule has 0 atom stereocenters. The van der Waals surface area contributed by atoms with Crippen molar-refractivity contribution in [2.24, 2.45) is 0 Å². The zero-order valence-corrected chi connectivity index (χ0v) is 15.6. The number of aromatic nitrogens is 1. The molecular formula is C20H16ClN4O3-. The van der Waals surface area contributed by atoms with Crippen LogP contribution < -0.4 is 25.8 Å². The highest BCUT2D eigenvalue weighted by Crippen LogP contribution is 2.36. The van der Waals surface area contributed by atoms with Gasteiger partial charge in [-0.25, -0.2) is 0 Å². The van der Waals surface area contributed by atoms with Gasteiger partial charge in [0.2, 0.25) is 5.36 Å². The fourth-order valence-corrected chi connectivity index (χ4v) is 3.15. The van der Waals surface area contributed by atoms with Gasteiger partial charge in [0, 0.05) is 33.6 Å². The third kappa shape index (κ3) is 3.35. The van der Waals surface area contributed by atoms with Gasteiger partial charge in [0.05, 0.1) is 24.2 Å². The molecule has 7 nitrogen and oxygen atoms in total. The number of hydrogen-bond donors (Lipinski definition) is 3. The first-order chi connectivity index (χ1) is 13.5. The quantitative estimate of drug-likeness (QED) is 0.356. The Labute approximate surface area is 165 Å². The number of benzene rings is 3. The molecule has 1 aliphatic heterocycles. The molecule has 142 valence electrons. The minimum Gasteiger partial charge on any atom is -0.612 e. The molecule has 0 aromatic heterocycles. The number of hydrogen-bond acceptors (Lipinski definition) is 5. The van der Waals surface area contributed by atoms with Crippen molar-refractivity contribution in [2.45, 2.75) is 0 Å². The molecule has 1 aliphatic carbocycles. The summed E-state index contributed by atoms with van der Waals surface area (Å²) in [6, 6.07) is 17.6. The Balaban J connectivity index is 1.88. The number of hydrazine groups is 1. The Morgan fingerprint density at radius 3 is 2.46 bits per heavy atom. The van der Waals surface area contributed by atoms with Gasteiger partial charge < -0.3 is 25.6 Å². The van der Waals surface area contributed by atoms with Crippen LogP contribution in [0, 0.1) is 10.4 Å². The fourth-order valence-electron chi connectivity index (χ4n) is 3.03. The summed E-state index contributed by atoms with van der Waals surface area (Å²) in [5.74, 6) is 0.705. The molecule has 2 aliphatic rings. The molecule has 0 unspecified atom stereocenters. The Morgan fingerprint density at radius 1 is 0.964 bits per heavy atom. The summed E-state index contributed by atoms with van der Waals surface area (Å²) in [6.07, 6.45) is 0. The number of ether oxygens (including phenoxy) is 1. The summed E-state index contributed by atoms with van der Waals surface area (Å²) in [5, 5.41) is 23.8. The average molecular weight is 396 g/mol. The second-order valence-electron chi connectivity index (χ2n) is 6.16. The number of anilines is 2. The van der Waals surface area contributed by atoms with E-state index in [-0.39, 0.29) is 5.36 Å². The molecule has 2 aromatic rings. The van der Waals surface area contributed by atoms with E-state index in [9.17, 15) is 10.4 Å². The third-order valence-corrected chi connectivity index (χ3v) is 4.68. The number of fused-ring (bicyclic) bond motifs is 2. The fraction of sp³-hybridized carbons (Fsp3) is 0.0500. The Morgan fingerprint density at radius 2 is 1.75 bits per heavy atom. The van der Waals surface area contributed by atoms with E-state index in [2.05, 4.69) is 15.8 Å². The summed E-state index contributed by atoms with van der Waals surface area (Å²) in [5.41, 5.74) is 10.2. The molecule has 1 heterocycles. The molecule has 0 saturated carbocycles. The molecule has 28 heavy (non-hydrogen) atoms. The summed E-state index contributed by atoms with van der Waals surface area (Å²) in [4.78, 5) is 2.84. The zero-order chi connectivity index (χ0) is 19.7. The van der Waals surface area contributed by atoms with E-state index >= 15 is 0 Å². The standard InChI is InChI=1S/C20H16ClN4O3/c1-28-15-7-9-18-17(11-15)20(24-23-13-4-2-12(21)3-5-13)16-8-6-14(25(26)27)10-19(16)22-18/h2-11,22-24H,1H3/q-1. The lowest BCUT2D eigenvalue weighted by molar-refractivity contribution is 0.415. The summed E-state index contributed by atoms with van der Waals surface area (Å²) in [6.45, 7) is 0. The van der Waals surface area contributed by atoms with Gasteiger partial charge in [-0.2, -0.15) is 4.90 Å². The zero-order valence-electron chi connectivity index (χ0n) is 14.8. The van der Waals surface area contributed by atoms with E-state index < -0.39 is 4.90 Å². The number of halogens is 1. The second kappa shape index (κ2) is 7.21. The largest absolute Gasteiger partial charge is 0.612 e. The van der Waals surface area contributed by atoms with E-state index in [0.717, 1.165) is 27.8 Å². The first-order valence-electron chi connectivity index (χ1n) is 8.44. The highest BCUT2D eigenvalue weighted by atomic mass is 35.5. The molecular weight excluding hydrogens is 380 g/mol. The molecule has 0 bridgehead atoms. The number of nitrogens with zero attached hydrogens (tertiary/aromatic N) is 1. The SMILES string of the molecule is COc1ccc2[nH]c3cc(=[N+]([O-])[O-])ccc-3c(NNc3ccc(Cl)cc3)c2c1. The minimum absolute atomic E-state index is 0.0215. The molecule has 0 radical (unpaired) electrons. The molecule has 0 fully saturated rings. The van der Waals surface area contributed by atoms with Crippen LogP contribution in [0.25, 0.3) is 22.2 Å². The van der Waals surface area contributed by atoms with Crippen LogP contribution in [0.2, 0.25) is 5.02 Å². The molecule has 8 heteroatoms. The molecule has 3 N–H and O–H groups in total. The van der Waals surface area contributed by atoms with Crippen molar-refractivity contribution in [3.63, 3.8) is 0 Å². The average Bonchev–Trinajstić information content (AvgIpc) is 2.71. The van der Waals surface area contributed by atoms with Crippen LogP contribution in [0.15, 0.2) is 60.7 Å². The van der Waals surface area contributed by atoms with Gasteiger partial charge in [0.1, 0.15) is 5.75 Å². The number of H-pyrrole nitrogens is 1. The lowest BCUT2D eigenvalue weighted by atomic mass is 10.0. The highest BCUT2D eigenvalue weighted by Gasteiger charge is 2.15. The maximum atomic E-state index is 11.2. The first kappa shape index (κ1) is 17.8. The molecule has 4 rings (SSSR count). The summed E-state index contributed by atoms with van der Waals surface area (Å²) in [7, 11) is 1.61. The van der Waals surface area contributed by atoms with E-state index in [4.69, 9.17) is 16.3 Å². The first-order valence-corrected chi connectivity index (χ1v) is 8.82. The topological polar surface area (TPSA) is 98.2 Å². The number of aromatic amines is 1. The number of rotatable bonds is 4. The maximum absolute atomic E-state index is 11.2. The van der Waals surface area contributed by atoms with E-state index in [1.54, 1.807) is 25.3 Å². The Kier molecular flexibility index (Phi) is 4.58. The van der Waals surface area contributed by atoms with Crippen LogP contribution in [0.1, 0.15) is 0 Å². The maximum Gasteiger partial charge on any atom is 0.224 e. The predicted molar refractivity (Wildman–Crippen MR) is 112 cm³/mol. The normalized spacial score (nSPS) is 10.8. The predicted octanol–water partition coefficient (Wildman–Crippen LogP) is 4.14. The van der Waals surface area contributed by atoms with E-state index in [1.807, 2.05) is 30.3 Å². The Hall–Kier alpha value is -3.58. The van der Waals surface area contributed by atoms with Crippen LogP contribution in [0.4, 0.5) is 11.4 Å². The van der Waals surface area contributed by atoms with Gasteiger partial charge in [-0.05, 0) is 48.5 Å². The van der Waals surface area contributed by atoms with Gasteiger partial charge in [0.15, 0.2) is 0 Å². The Bertz CT molecular complexity index is 1180. The van der Waals surface area contributed by atoms with Gasteiger partial charge >= 0.3 is 0 Å². The van der Waals surface area contributed by atoms with Gasteiger partial charge in [-0.1, -0.05) is 11.6 Å². The molecule has 0 amide bonds. The number of nitrogens with one attached hydrogen (secondary N) is 3. The van der Waals surface area contributed by atoms with Crippen molar-refractivity contribution in [2.75, 3.05) is 18.0 Å². The summed E-state index contributed by atoms with van der Waals surface area (Å²) >= 11 is 5.94. The number of pyridine rings is 1. The van der Waals surface area contributed by atoms with Crippen LogP contribution in [-0.4, -0.2) is 12.1 Å². The van der Waals surface area contributed by atoms with Crippen LogP contribution in [-0.2, 0) is 0 Å². The van der Waals surface area contributed by atoms with Crippen LogP contribution in [0.3, 0.4) is 0 Å². The lowest BCUT2D eigenvalue weighted by Gasteiger charge is -2.19. The van der Waals surface area contributed by atoms with Crippen molar-refractivity contribution >= 4 is 33.9 Å². The van der Waals surface area contributed by atoms with Crippen molar-refractivity contribution in [1.82, 2.24) is 9.89 Å². The van der Waals surface area contributed by atoms with Gasteiger partial charge in [0.25, 0.3) is 0 Å². The van der Waals surface area contributed by atoms with Gasteiger partial charge in [-0.15, -0.1) is 0 Å². The van der Waals surface area contributed by atoms with Crippen LogP contribution >= 0.6 is 11.6 Å². The smallest absolute Gasteiger partial charge is 0.224 e. The monoisotopic (exact) mass is 395 g/mol. The number of methoxy groups -OCH3 is 1. The van der Waals surface area contributed by atoms with Crippen molar-refractivity contribution in [1.29, 1.82) is 0 Å². The second-order valence-corrected chi connectivity index (χ2v) is 6.59. The lowest BCUT2D eigenvalue weighted by Crippen LogP contribution is -2.19. The van der Waals surface area contributed by atoms with Crippen molar-refractivity contribution in [3.05, 3.63) is 81.5 Å².